The first kappa shape index (κ1) is 19.0. The number of rotatable bonds is 4. The molecule has 2 aromatic rings. The Morgan fingerprint density at radius 3 is 2.24 bits per heavy atom. The number of carbonyl (C=O) groups is 1. The van der Waals surface area contributed by atoms with Gasteiger partial charge in [-0.3, -0.25) is 4.79 Å². The SMILES string of the molecule is O=C(NCc1cc(F)cc(F)c1)C12CC3CC(C1)CC(c1ccc(Cl)cc1)(C3)C2. The highest BCUT2D eigenvalue weighted by Gasteiger charge is 2.60. The summed E-state index contributed by atoms with van der Waals surface area (Å²) in [6.07, 6.45) is 6.16. The Kier molecular flexibility index (Phi) is 4.47. The fourth-order valence-electron chi connectivity index (χ4n) is 6.75. The van der Waals surface area contributed by atoms with Crippen LogP contribution < -0.4 is 5.32 Å². The van der Waals surface area contributed by atoms with Gasteiger partial charge in [-0.05, 0) is 91.2 Å². The van der Waals surface area contributed by atoms with Crippen molar-refractivity contribution >= 4 is 17.5 Å². The zero-order valence-corrected chi connectivity index (χ0v) is 16.9. The number of hydrogen-bond acceptors (Lipinski definition) is 1. The number of nitrogens with one attached hydrogen (secondary N) is 1. The van der Waals surface area contributed by atoms with Crippen molar-refractivity contribution in [1.82, 2.24) is 5.32 Å². The molecule has 4 aliphatic rings. The summed E-state index contributed by atoms with van der Waals surface area (Å²) >= 11 is 6.10. The Labute approximate surface area is 174 Å². The molecular weight excluding hydrogens is 392 g/mol. The Morgan fingerprint density at radius 2 is 1.62 bits per heavy atom. The molecule has 6 rings (SSSR count). The summed E-state index contributed by atoms with van der Waals surface area (Å²) in [5.74, 6) is -0.0836. The van der Waals surface area contributed by atoms with Crippen LogP contribution in [-0.4, -0.2) is 5.91 Å². The van der Waals surface area contributed by atoms with Crippen LogP contribution >= 0.6 is 11.6 Å². The molecule has 2 nitrogen and oxygen atoms in total. The molecule has 0 spiro atoms. The van der Waals surface area contributed by atoms with Gasteiger partial charge < -0.3 is 5.32 Å². The number of hydrogen-bond donors (Lipinski definition) is 1. The van der Waals surface area contributed by atoms with E-state index in [1.165, 1.54) is 24.1 Å². The third kappa shape index (κ3) is 3.35. The Morgan fingerprint density at radius 1 is 1.00 bits per heavy atom. The number of amides is 1. The van der Waals surface area contributed by atoms with Crippen LogP contribution in [-0.2, 0) is 16.8 Å². The average molecular weight is 416 g/mol. The molecule has 152 valence electrons. The van der Waals surface area contributed by atoms with Crippen LogP contribution in [0.25, 0.3) is 0 Å². The van der Waals surface area contributed by atoms with E-state index in [0.717, 1.165) is 43.2 Å². The largest absolute Gasteiger partial charge is 0.352 e. The quantitative estimate of drug-likeness (QED) is 0.674. The predicted octanol–water partition coefficient (Wildman–Crippen LogP) is 5.77. The van der Waals surface area contributed by atoms with Gasteiger partial charge in [-0.15, -0.1) is 0 Å². The first-order valence-electron chi connectivity index (χ1n) is 10.4. The van der Waals surface area contributed by atoms with E-state index < -0.39 is 11.6 Å². The summed E-state index contributed by atoms with van der Waals surface area (Å²) < 4.78 is 26.9. The van der Waals surface area contributed by atoms with Crippen molar-refractivity contribution in [3.8, 4) is 0 Å². The molecule has 29 heavy (non-hydrogen) atoms. The summed E-state index contributed by atoms with van der Waals surface area (Å²) in [5, 5.41) is 3.72. The molecular formula is C24H24ClF2NO. The molecule has 2 atom stereocenters. The van der Waals surface area contributed by atoms with Crippen LogP contribution in [0.1, 0.15) is 49.7 Å². The van der Waals surface area contributed by atoms with Crippen molar-refractivity contribution in [2.75, 3.05) is 0 Å². The molecule has 0 saturated heterocycles. The lowest BCUT2D eigenvalue weighted by Crippen LogP contribution is -2.59. The summed E-state index contributed by atoms with van der Waals surface area (Å²) in [7, 11) is 0. The van der Waals surface area contributed by atoms with E-state index in [1.54, 1.807) is 0 Å². The van der Waals surface area contributed by atoms with Crippen molar-refractivity contribution in [2.45, 2.75) is 50.5 Å². The fourth-order valence-corrected chi connectivity index (χ4v) is 6.88. The van der Waals surface area contributed by atoms with Gasteiger partial charge in [0.25, 0.3) is 0 Å². The van der Waals surface area contributed by atoms with Gasteiger partial charge in [0, 0.05) is 17.6 Å². The molecule has 0 heterocycles. The Bertz CT molecular complexity index is 924. The minimum absolute atomic E-state index is 0.0367. The minimum Gasteiger partial charge on any atom is -0.352 e. The molecule has 0 aromatic heterocycles. The van der Waals surface area contributed by atoms with E-state index in [0.29, 0.717) is 17.4 Å². The molecule has 4 saturated carbocycles. The zero-order valence-electron chi connectivity index (χ0n) is 16.2. The second-order valence-corrected chi connectivity index (χ2v) is 9.93. The zero-order chi connectivity index (χ0) is 20.2. The van der Waals surface area contributed by atoms with E-state index in [4.69, 9.17) is 11.6 Å². The molecule has 1 amide bonds. The monoisotopic (exact) mass is 415 g/mol. The maximum Gasteiger partial charge on any atom is 0.226 e. The van der Waals surface area contributed by atoms with Crippen LogP contribution in [0.2, 0.25) is 5.02 Å². The first-order valence-corrected chi connectivity index (χ1v) is 10.7. The predicted molar refractivity (Wildman–Crippen MR) is 108 cm³/mol. The molecule has 1 N–H and O–H groups in total. The van der Waals surface area contributed by atoms with Gasteiger partial charge in [0.15, 0.2) is 0 Å². The summed E-state index contributed by atoms with van der Waals surface area (Å²) in [6, 6.07) is 11.5. The Hall–Kier alpha value is -1.94. The highest BCUT2D eigenvalue weighted by molar-refractivity contribution is 6.30. The van der Waals surface area contributed by atoms with Crippen LogP contribution in [0.5, 0.6) is 0 Å². The second-order valence-electron chi connectivity index (χ2n) is 9.49. The lowest BCUT2D eigenvalue weighted by atomic mass is 9.42. The third-order valence-corrected chi connectivity index (χ3v) is 7.63. The standard InChI is InChI=1S/C24H24ClF2NO/c25-19-3-1-18(2-4-19)23-9-16-5-17(10-23)12-24(11-16,14-23)22(29)28-13-15-6-20(26)8-21(27)7-15/h1-4,6-8,16-17H,5,9-14H2,(H,28,29). The second kappa shape index (κ2) is 6.80. The maximum atomic E-state index is 13.5. The maximum absolute atomic E-state index is 13.5. The van der Waals surface area contributed by atoms with Crippen LogP contribution in [0.15, 0.2) is 42.5 Å². The normalized spacial score (nSPS) is 32.4. The van der Waals surface area contributed by atoms with Crippen molar-refractivity contribution in [2.24, 2.45) is 17.3 Å². The smallest absolute Gasteiger partial charge is 0.226 e. The van der Waals surface area contributed by atoms with E-state index in [1.807, 2.05) is 12.1 Å². The minimum atomic E-state index is -0.620. The average Bonchev–Trinajstić information content (AvgIpc) is 2.64. The van der Waals surface area contributed by atoms with Gasteiger partial charge >= 0.3 is 0 Å². The molecule has 5 heteroatoms. The topological polar surface area (TPSA) is 29.1 Å². The Balaban J connectivity index is 1.39. The molecule has 4 bridgehead atoms. The first-order chi connectivity index (χ1) is 13.9. The van der Waals surface area contributed by atoms with Crippen LogP contribution in [0.3, 0.4) is 0 Å². The van der Waals surface area contributed by atoms with Gasteiger partial charge in [-0.2, -0.15) is 0 Å². The van der Waals surface area contributed by atoms with Crippen molar-refractivity contribution < 1.29 is 13.6 Å². The van der Waals surface area contributed by atoms with E-state index >= 15 is 0 Å². The molecule has 4 fully saturated rings. The molecule has 0 radical (unpaired) electrons. The molecule has 0 aliphatic heterocycles. The van der Waals surface area contributed by atoms with Gasteiger partial charge in [0.1, 0.15) is 11.6 Å². The van der Waals surface area contributed by atoms with Crippen LogP contribution in [0, 0.1) is 28.9 Å². The van der Waals surface area contributed by atoms with Crippen LogP contribution in [0.4, 0.5) is 8.78 Å². The molecule has 4 aliphatic carbocycles. The summed E-state index contributed by atoms with van der Waals surface area (Å²) in [5.41, 5.74) is 1.40. The summed E-state index contributed by atoms with van der Waals surface area (Å²) in [6.45, 7) is 0.151. The highest BCUT2D eigenvalue weighted by Crippen LogP contribution is 2.65. The van der Waals surface area contributed by atoms with Gasteiger partial charge in [0.05, 0.1) is 5.41 Å². The number of benzene rings is 2. The molecule has 2 unspecified atom stereocenters. The molecule has 2 aromatic carbocycles. The highest BCUT2D eigenvalue weighted by atomic mass is 35.5. The van der Waals surface area contributed by atoms with Gasteiger partial charge in [0.2, 0.25) is 5.91 Å². The lowest BCUT2D eigenvalue weighted by Gasteiger charge is -2.61. The summed E-state index contributed by atoms with van der Waals surface area (Å²) in [4.78, 5) is 13.3. The van der Waals surface area contributed by atoms with E-state index in [2.05, 4.69) is 17.4 Å². The van der Waals surface area contributed by atoms with E-state index in [9.17, 15) is 13.6 Å². The van der Waals surface area contributed by atoms with Crippen molar-refractivity contribution in [3.05, 3.63) is 70.2 Å². The fraction of sp³-hybridized carbons (Fsp3) is 0.458. The van der Waals surface area contributed by atoms with Gasteiger partial charge in [-0.1, -0.05) is 23.7 Å². The van der Waals surface area contributed by atoms with Gasteiger partial charge in [-0.25, -0.2) is 8.78 Å². The third-order valence-electron chi connectivity index (χ3n) is 7.37. The van der Waals surface area contributed by atoms with E-state index in [-0.39, 0.29) is 23.3 Å². The van der Waals surface area contributed by atoms with Crippen molar-refractivity contribution in [3.63, 3.8) is 0 Å². The number of carbonyl (C=O) groups excluding carboxylic acids is 1. The number of halogens is 3. The van der Waals surface area contributed by atoms with Crippen molar-refractivity contribution in [1.29, 1.82) is 0 Å². The lowest BCUT2D eigenvalue weighted by molar-refractivity contribution is -0.149.